The summed E-state index contributed by atoms with van der Waals surface area (Å²) in [5, 5.41) is 0. The second-order valence-electron chi connectivity index (χ2n) is 5.16. The number of esters is 1. The smallest absolute Gasteiger partial charge is 0.419 e. The summed E-state index contributed by atoms with van der Waals surface area (Å²) < 4.78 is 148. The summed E-state index contributed by atoms with van der Waals surface area (Å²) in [6.07, 6.45) is -17.3. The van der Waals surface area contributed by atoms with E-state index in [1.807, 2.05) is 0 Å². The van der Waals surface area contributed by atoms with Gasteiger partial charge in [0, 0.05) is 0 Å². The lowest BCUT2D eigenvalue weighted by atomic mass is 10.2. The molecule has 0 aliphatic carbocycles. The minimum Gasteiger partial charge on any atom is -0.426 e. The molecule has 0 fully saturated rings. The molecule has 0 amide bonds. The molecular formula is C13H9F10O5P. The van der Waals surface area contributed by atoms with Crippen LogP contribution in [-0.2, 0) is 24.6 Å². The van der Waals surface area contributed by atoms with Gasteiger partial charge in [-0.2, -0.15) is 39.5 Å². The van der Waals surface area contributed by atoms with E-state index in [9.17, 15) is 53.3 Å². The van der Waals surface area contributed by atoms with Crippen LogP contribution in [0.25, 0.3) is 0 Å². The van der Waals surface area contributed by atoms with Crippen LogP contribution in [0, 0.1) is 5.82 Å². The number of hydrogen-bond acceptors (Lipinski definition) is 5. The van der Waals surface area contributed by atoms with Gasteiger partial charge < -0.3 is 4.74 Å². The highest BCUT2D eigenvalue weighted by Gasteiger charge is 2.40. The molecular weight excluding hydrogens is 457 g/mol. The molecule has 0 radical (unpaired) electrons. The van der Waals surface area contributed by atoms with E-state index in [2.05, 4.69) is 13.8 Å². The van der Waals surface area contributed by atoms with E-state index < -0.39 is 68.6 Å². The molecule has 0 saturated carbocycles. The van der Waals surface area contributed by atoms with Crippen molar-refractivity contribution in [3.63, 3.8) is 0 Å². The van der Waals surface area contributed by atoms with E-state index in [0.717, 1.165) is 0 Å². The Kier molecular flexibility index (Phi) is 7.71. The minimum atomic E-state index is -5.37. The molecule has 0 aliphatic rings. The van der Waals surface area contributed by atoms with Crippen molar-refractivity contribution in [2.45, 2.75) is 18.5 Å². The molecule has 29 heavy (non-hydrogen) atoms. The molecule has 1 rings (SSSR count). The maximum Gasteiger partial charge on any atom is 0.419 e. The van der Waals surface area contributed by atoms with Gasteiger partial charge in [-0.1, -0.05) is 0 Å². The van der Waals surface area contributed by atoms with Gasteiger partial charge in [0.2, 0.25) is 0 Å². The maximum atomic E-state index is 13.1. The van der Waals surface area contributed by atoms with Gasteiger partial charge in [0.25, 0.3) is 0 Å². The summed E-state index contributed by atoms with van der Waals surface area (Å²) in [5.74, 6) is -4.57. The lowest BCUT2D eigenvalue weighted by Crippen LogP contribution is -2.23. The Morgan fingerprint density at radius 1 is 0.897 bits per heavy atom. The Balaban J connectivity index is 2.96. The predicted octanol–water partition coefficient (Wildman–Crippen LogP) is 5.10. The van der Waals surface area contributed by atoms with Crippen LogP contribution < -0.4 is 4.74 Å². The standard InChI is InChI=1S/C13H9F10O5P/c14-9-2-1-7(3-8(9)13(21,22)23)28-10(24)4-29(25,26-5-11(15,16)17)27-6-12(18,19)20/h1-3H,4-6H2. The first-order valence-electron chi connectivity index (χ1n) is 6.99. The summed E-state index contributed by atoms with van der Waals surface area (Å²) in [5.41, 5.74) is -1.87. The van der Waals surface area contributed by atoms with Crippen LogP contribution in [-0.4, -0.2) is 37.7 Å². The van der Waals surface area contributed by atoms with Gasteiger partial charge in [0.05, 0.1) is 5.56 Å². The molecule has 0 aliphatic heterocycles. The average molecular weight is 466 g/mol. The molecule has 0 aromatic heterocycles. The van der Waals surface area contributed by atoms with Crippen LogP contribution in [0.5, 0.6) is 5.75 Å². The summed E-state index contributed by atoms with van der Waals surface area (Å²) in [6.45, 7) is -4.69. The van der Waals surface area contributed by atoms with Crippen LogP contribution >= 0.6 is 7.60 Å². The van der Waals surface area contributed by atoms with Gasteiger partial charge in [-0.3, -0.25) is 18.4 Å². The molecule has 5 nitrogen and oxygen atoms in total. The Hall–Kier alpha value is -1.86. The minimum absolute atomic E-state index is 0.00526. The highest BCUT2D eigenvalue weighted by atomic mass is 31.2. The SMILES string of the molecule is O=C(CP(=O)(OCC(F)(F)F)OCC(F)(F)F)Oc1ccc(F)c(C(F)(F)F)c1. The number of carbonyl (C=O) groups excluding carboxylic acids is 1. The summed E-state index contributed by atoms with van der Waals surface area (Å²) in [4.78, 5) is 11.6. The van der Waals surface area contributed by atoms with Crippen LogP contribution in [0.3, 0.4) is 0 Å². The van der Waals surface area contributed by atoms with Crippen molar-refractivity contribution in [3.8, 4) is 5.75 Å². The number of alkyl halides is 9. The van der Waals surface area contributed by atoms with E-state index in [1.54, 1.807) is 0 Å². The fourth-order valence-electron chi connectivity index (χ4n) is 1.58. The topological polar surface area (TPSA) is 61.8 Å². The molecule has 1 aromatic carbocycles. The Labute approximate surface area is 155 Å². The number of rotatable bonds is 7. The fourth-order valence-corrected chi connectivity index (χ4v) is 2.90. The summed E-state index contributed by atoms with van der Waals surface area (Å²) in [6, 6.07) is 0.761. The van der Waals surface area contributed by atoms with Gasteiger partial charge in [0.1, 0.15) is 17.7 Å². The fraction of sp³-hybridized carbons (Fsp3) is 0.462. The Morgan fingerprint density at radius 2 is 1.38 bits per heavy atom. The highest BCUT2D eigenvalue weighted by molar-refractivity contribution is 7.54. The second kappa shape index (κ2) is 8.88. The van der Waals surface area contributed by atoms with Crippen LogP contribution in [0.1, 0.15) is 5.56 Å². The molecule has 1 aromatic rings. The Bertz CT molecular complexity index is 749. The highest BCUT2D eigenvalue weighted by Crippen LogP contribution is 2.50. The van der Waals surface area contributed by atoms with Crippen LogP contribution in [0.4, 0.5) is 43.9 Å². The van der Waals surface area contributed by atoms with E-state index in [4.69, 9.17) is 0 Å². The number of benzene rings is 1. The average Bonchev–Trinajstić information content (AvgIpc) is 2.51. The molecule has 0 atom stereocenters. The first kappa shape index (κ1) is 25.2. The third kappa shape index (κ3) is 9.45. The van der Waals surface area contributed by atoms with E-state index in [1.165, 1.54) is 0 Å². The molecule has 16 heteroatoms. The third-order valence-corrected chi connectivity index (χ3v) is 4.34. The van der Waals surface area contributed by atoms with E-state index in [-0.39, 0.29) is 12.1 Å². The number of ether oxygens (including phenoxy) is 1. The quantitative estimate of drug-likeness (QED) is 0.242. The van der Waals surface area contributed by atoms with Crippen molar-refractivity contribution < 1.29 is 67.0 Å². The second-order valence-corrected chi connectivity index (χ2v) is 7.21. The molecule has 0 saturated heterocycles. The maximum absolute atomic E-state index is 13.1. The van der Waals surface area contributed by atoms with Crippen molar-refractivity contribution in [1.82, 2.24) is 0 Å². The van der Waals surface area contributed by atoms with Crippen LogP contribution in [0.15, 0.2) is 18.2 Å². The van der Waals surface area contributed by atoms with Crippen molar-refractivity contribution in [1.29, 1.82) is 0 Å². The number of carbonyl (C=O) groups is 1. The molecule has 0 unspecified atom stereocenters. The number of halogens is 10. The van der Waals surface area contributed by atoms with E-state index in [0.29, 0.717) is 6.07 Å². The molecule has 166 valence electrons. The van der Waals surface area contributed by atoms with Gasteiger partial charge in [-0.25, -0.2) is 4.39 Å². The normalized spacial score (nSPS) is 13.4. The molecule has 0 spiro atoms. The van der Waals surface area contributed by atoms with Gasteiger partial charge >= 0.3 is 32.1 Å². The first-order valence-corrected chi connectivity index (χ1v) is 8.72. The third-order valence-electron chi connectivity index (χ3n) is 2.65. The van der Waals surface area contributed by atoms with Crippen molar-refractivity contribution in [2.24, 2.45) is 0 Å². The van der Waals surface area contributed by atoms with Crippen molar-refractivity contribution in [3.05, 3.63) is 29.6 Å². The van der Waals surface area contributed by atoms with E-state index >= 15 is 0 Å². The van der Waals surface area contributed by atoms with Gasteiger partial charge in [0.15, 0.2) is 13.2 Å². The van der Waals surface area contributed by atoms with Crippen molar-refractivity contribution in [2.75, 3.05) is 19.4 Å². The first-order chi connectivity index (χ1) is 12.9. The van der Waals surface area contributed by atoms with Gasteiger partial charge in [-0.05, 0) is 18.2 Å². The molecule has 0 N–H and O–H groups in total. The predicted molar refractivity (Wildman–Crippen MR) is 73.5 cm³/mol. The zero-order valence-corrected chi connectivity index (χ0v) is 14.5. The summed E-state index contributed by atoms with van der Waals surface area (Å²) >= 11 is 0. The van der Waals surface area contributed by atoms with Gasteiger partial charge in [-0.15, -0.1) is 0 Å². The number of hydrogen-bond donors (Lipinski definition) is 0. The molecule has 0 bridgehead atoms. The summed E-state index contributed by atoms with van der Waals surface area (Å²) in [7, 11) is -5.37. The van der Waals surface area contributed by atoms with Crippen molar-refractivity contribution >= 4 is 13.6 Å². The monoisotopic (exact) mass is 466 g/mol. The van der Waals surface area contributed by atoms with Crippen LogP contribution in [0.2, 0.25) is 0 Å². The Morgan fingerprint density at radius 3 is 1.79 bits per heavy atom. The lowest BCUT2D eigenvalue weighted by Gasteiger charge is -2.19. The largest absolute Gasteiger partial charge is 0.426 e. The zero-order valence-electron chi connectivity index (χ0n) is 13.6. The lowest BCUT2D eigenvalue weighted by molar-refractivity contribution is -0.166. The molecule has 0 heterocycles. The zero-order chi connectivity index (χ0) is 22.7.